The molecule has 3 N–H and O–H groups in total. The number of thioether (sulfide) groups is 1. The number of likely N-dealkylation sites (N-methyl/N-ethyl adjacent to an activating group) is 1. The van der Waals surface area contributed by atoms with E-state index in [1.807, 2.05) is 0 Å². The van der Waals surface area contributed by atoms with E-state index in [1.54, 1.807) is 7.05 Å². The Hall–Kier alpha value is 0.520. The van der Waals surface area contributed by atoms with Gasteiger partial charge in [0, 0.05) is 5.75 Å². The average Bonchev–Trinajstić information content (AvgIpc) is 2.08. The third kappa shape index (κ3) is 2.00. The summed E-state index contributed by atoms with van der Waals surface area (Å²) in [6.45, 7) is 0. The Kier molecular flexibility index (Phi) is 3.98. The van der Waals surface area contributed by atoms with Crippen LogP contribution in [0.3, 0.4) is 0 Å². The van der Waals surface area contributed by atoms with Gasteiger partial charge in [-0.2, -0.15) is 0 Å². The molecule has 3 nitrogen and oxygen atoms in total. The van der Waals surface area contributed by atoms with Gasteiger partial charge in [-0.15, -0.1) is 12.4 Å². The highest BCUT2D eigenvalue weighted by Crippen LogP contribution is 2.32. The highest BCUT2D eigenvalue weighted by molar-refractivity contribution is 8.00. The van der Waals surface area contributed by atoms with Gasteiger partial charge in [0.25, 0.3) is 0 Å². The molecule has 0 amide bonds. The number of aliphatic hydroxyl groups is 2. The van der Waals surface area contributed by atoms with Gasteiger partial charge in [-0.1, -0.05) is 11.8 Å². The first-order chi connectivity index (χ1) is 4.17. The van der Waals surface area contributed by atoms with E-state index in [0.717, 1.165) is 12.2 Å². The molecule has 0 aliphatic carbocycles. The highest BCUT2D eigenvalue weighted by atomic mass is 35.5. The van der Waals surface area contributed by atoms with E-state index in [4.69, 9.17) is 10.2 Å². The van der Waals surface area contributed by atoms with Crippen LogP contribution in [0, 0.1) is 0 Å². The average molecular weight is 186 g/mol. The normalized spacial score (nSPS) is 29.7. The van der Waals surface area contributed by atoms with Crippen LogP contribution in [0.2, 0.25) is 0 Å². The Morgan fingerprint density at radius 1 is 1.60 bits per heavy atom. The minimum atomic E-state index is -1.53. The van der Waals surface area contributed by atoms with Crippen LogP contribution >= 0.6 is 24.2 Å². The molecular formula is C5H12ClNO2S. The zero-order valence-corrected chi connectivity index (χ0v) is 7.34. The summed E-state index contributed by atoms with van der Waals surface area (Å²) in [4.78, 5) is 0. The minimum Gasteiger partial charge on any atom is -0.356 e. The van der Waals surface area contributed by atoms with E-state index >= 15 is 0 Å². The molecule has 0 aromatic carbocycles. The molecule has 1 aliphatic rings. The number of hydrogen-bond acceptors (Lipinski definition) is 4. The second-order valence-electron chi connectivity index (χ2n) is 2.14. The predicted octanol–water partition coefficient (Wildman–Crippen LogP) is -0.228. The molecule has 0 saturated carbocycles. The van der Waals surface area contributed by atoms with E-state index in [9.17, 15) is 0 Å². The van der Waals surface area contributed by atoms with Crippen LogP contribution in [0.5, 0.6) is 0 Å². The Balaban J connectivity index is 0.000000810. The smallest absolute Gasteiger partial charge is 0.229 e. The molecular weight excluding hydrogens is 174 g/mol. The van der Waals surface area contributed by atoms with Crippen molar-refractivity contribution in [2.75, 3.05) is 12.8 Å². The quantitative estimate of drug-likeness (QED) is 0.495. The Bertz CT molecular complexity index is 112. The van der Waals surface area contributed by atoms with Crippen molar-refractivity contribution in [3.8, 4) is 0 Å². The van der Waals surface area contributed by atoms with E-state index in [1.165, 1.54) is 11.8 Å². The van der Waals surface area contributed by atoms with Crippen LogP contribution < -0.4 is 5.32 Å². The molecule has 1 aliphatic heterocycles. The maximum atomic E-state index is 9.11. The second-order valence-corrected chi connectivity index (χ2v) is 3.43. The predicted molar refractivity (Wildman–Crippen MR) is 44.3 cm³/mol. The third-order valence-corrected chi connectivity index (χ3v) is 2.67. The molecule has 62 valence electrons. The molecule has 10 heavy (non-hydrogen) atoms. The molecule has 1 heterocycles. The fourth-order valence-corrected chi connectivity index (χ4v) is 2.04. The van der Waals surface area contributed by atoms with Crippen LogP contribution in [0.25, 0.3) is 0 Å². The number of hydrogen-bond donors (Lipinski definition) is 3. The summed E-state index contributed by atoms with van der Waals surface area (Å²) in [6, 6.07) is -0.164. The van der Waals surface area contributed by atoms with Crippen molar-refractivity contribution in [3.63, 3.8) is 0 Å². The lowest BCUT2D eigenvalue weighted by molar-refractivity contribution is -0.0949. The number of nitrogens with one attached hydrogen (secondary N) is 1. The summed E-state index contributed by atoms with van der Waals surface area (Å²) in [7, 11) is 1.73. The van der Waals surface area contributed by atoms with Crippen molar-refractivity contribution in [1.82, 2.24) is 5.32 Å². The number of rotatable bonds is 1. The molecule has 5 heteroatoms. The third-order valence-electron chi connectivity index (χ3n) is 1.52. The zero-order chi connectivity index (χ0) is 6.91. The summed E-state index contributed by atoms with van der Waals surface area (Å²) in [5.41, 5.74) is 0. The first-order valence-corrected chi connectivity index (χ1v) is 3.91. The summed E-state index contributed by atoms with van der Waals surface area (Å²) in [6.07, 6.45) is 0.828. The standard InChI is InChI=1S/C5H11NO2S.ClH/c1-6-4-2-3-9-5(4,7)8;/h4,6-8H,2-3H2,1H3;1H. The fourth-order valence-electron chi connectivity index (χ4n) is 0.948. The van der Waals surface area contributed by atoms with Gasteiger partial charge in [0.15, 0.2) is 0 Å². The topological polar surface area (TPSA) is 52.5 Å². The van der Waals surface area contributed by atoms with Crippen LogP contribution in [0.4, 0.5) is 0 Å². The SMILES string of the molecule is CNC1CCSC1(O)O.Cl. The van der Waals surface area contributed by atoms with Crippen molar-refractivity contribution in [3.05, 3.63) is 0 Å². The molecule has 0 radical (unpaired) electrons. The van der Waals surface area contributed by atoms with E-state index in [0.29, 0.717) is 0 Å². The van der Waals surface area contributed by atoms with E-state index < -0.39 is 5.12 Å². The van der Waals surface area contributed by atoms with Crippen molar-refractivity contribution >= 4 is 24.2 Å². The molecule has 0 bridgehead atoms. The summed E-state index contributed by atoms with van der Waals surface area (Å²) in [5.74, 6) is 0.818. The molecule has 0 aromatic heterocycles. The van der Waals surface area contributed by atoms with Crippen LogP contribution in [0.1, 0.15) is 6.42 Å². The lowest BCUT2D eigenvalue weighted by Crippen LogP contribution is -2.43. The molecule has 1 fully saturated rings. The van der Waals surface area contributed by atoms with Crippen LogP contribution in [-0.2, 0) is 0 Å². The van der Waals surface area contributed by atoms with Gasteiger partial charge >= 0.3 is 0 Å². The summed E-state index contributed by atoms with van der Waals surface area (Å²) < 4.78 is 0. The van der Waals surface area contributed by atoms with E-state index in [2.05, 4.69) is 5.32 Å². The lowest BCUT2D eigenvalue weighted by Gasteiger charge is -2.21. The van der Waals surface area contributed by atoms with Gasteiger partial charge in [-0.3, -0.25) is 0 Å². The highest BCUT2D eigenvalue weighted by Gasteiger charge is 2.39. The van der Waals surface area contributed by atoms with Crippen molar-refractivity contribution in [1.29, 1.82) is 0 Å². The van der Waals surface area contributed by atoms with Gasteiger partial charge < -0.3 is 15.5 Å². The maximum Gasteiger partial charge on any atom is 0.229 e. The van der Waals surface area contributed by atoms with Crippen molar-refractivity contribution in [2.45, 2.75) is 17.6 Å². The number of halogens is 1. The van der Waals surface area contributed by atoms with Crippen LogP contribution in [-0.4, -0.2) is 34.2 Å². The first-order valence-electron chi connectivity index (χ1n) is 2.93. The van der Waals surface area contributed by atoms with Crippen LogP contribution in [0.15, 0.2) is 0 Å². The minimum absolute atomic E-state index is 0. The van der Waals surface area contributed by atoms with Gasteiger partial charge in [-0.05, 0) is 13.5 Å². The molecule has 1 atom stereocenters. The lowest BCUT2D eigenvalue weighted by atomic mass is 10.2. The molecule has 1 unspecified atom stereocenters. The van der Waals surface area contributed by atoms with Crippen molar-refractivity contribution in [2.24, 2.45) is 0 Å². The van der Waals surface area contributed by atoms with E-state index in [-0.39, 0.29) is 18.4 Å². The first kappa shape index (κ1) is 10.5. The summed E-state index contributed by atoms with van der Waals surface area (Å²) in [5, 5.41) is 19.5. The van der Waals surface area contributed by atoms with Crippen molar-refractivity contribution < 1.29 is 10.2 Å². The fraction of sp³-hybridized carbons (Fsp3) is 1.00. The van der Waals surface area contributed by atoms with Gasteiger partial charge in [0.05, 0.1) is 6.04 Å². The maximum absolute atomic E-state index is 9.11. The second kappa shape index (κ2) is 3.78. The summed E-state index contributed by atoms with van der Waals surface area (Å²) >= 11 is 1.18. The largest absolute Gasteiger partial charge is 0.356 e. The van der Waals surface area contributed by atoms with Gasteiger partial charge in [0.2, 0.25) is 5.12 Å². The van der Waals surface area contributed by atoms with Gasteiger partial charge in [0.1, 0.15) is 0 Å². The Morgan fingerprint density at radius 3 is 2.40 bits per heavy atom. The molecule has 1 saturated heterocycles. The molecule has 0 aromatic rings. The Morgan fingerprint density at radius 2 is 2.20 bits per heavy atom. The molecule has 0 spiro atoms. The van der Waals surface area contributed by atoms with Gasteiger partial charge in [-0.25, -0.2) is 0 Å². The molecule has 1 rings (SSSR count). The Labute approximate surface area is 70.6 Å². The monoisotopic (exact) mass is 185 g/mol. The zero-order valence-electron chi connectivity index (χ0n) is 5.70.